The van der Waals surface area contributed by atoms with Gasteiger partial charge in [0.05, 0.1) is 17.2 Å². The second-order valence-corrected chi connectivity index (χ2v) is 6.89. The van der Waals surface area contributed by atoms with Gasteiger partial charge in [-0.15, -0.1) is 6.58 Å². The average molecular weight is 360 g/mol. The molecule has 1 heterocycles. The molecule has 3 amide bonds. The lowest BCUT2D eigenvalue weighted by atomic mass is 9.87. The Bertz CT molecular complexity index is 964. The van der Waals surface area contributed by atoms with Gasteiger partial charge >= 0.3 is 0 Å². The maximum absolute atomic E-state index is 12.8. The molecule has 1 aliphatic heterocycles. The molecule has 0 radical (unpaired) electrons. The number of benzene rings is 2. The molecule has 2 aromatic rings. The van der Waals surface area contributed by atoms with Gasteiger partial charge in [-0.3, -0.25) is 19.3 Å². The minimum atomic E-state index is -0.382. The van der Waals surface area contributed by atoms with E-state index in [-0.39, 0.29) is 35.9 Å². The highest BCUT2D eigenvalue weighted by molar-refractivity contribution is 6.22. The number of amides is 3. The van der Waals surface area contributed by atoms with Gasteiger partial charge in [0, 0.05) is 12.1 Å². The van der Waals surface area contributed by atoms with Crippen LogP contribution in [0.3, 0.4) is 0 Å². The molecular weight excluding hydrogens is 340 g/mol. The fourth-order valence-electron chi connectivity index (χ4n) is 3.87. The molecule has 136 valence electrons. The summed E-state index contributed by atoms with van der Waals surface area (Å²) in [7, 11) is 0. The number of hydrogen-bond donors (Lipinski definition) is 1. The molecule has 2 aromatic carbocycles. The third kappa shape index (κ3) is 2.95. The summed E-state index contributed by atoms with van der Waals surface area (Å²) in [6.45, 7) is 3.73. The first-order chi connectivity index (χ1) is 13.1. The molecule has 0 spiro atoms. The van der Waals surface area contributed by atoms with Crippen LogP contribution in [-0.2, 0) is 6.42 Å². The second-order valence-electron chi connectivity index (χ2n) is 6.89. The molecule has 2 aliphatic rings. The van der Waals surface area contributed by atoms with E-state index in [0.717, 1.165) is 29.7 Å². The standard InChI is InChI=1S/C22H20N2O3/c1-2-12-24-21(26)17-11-10-15(13-18(17)22(24)27)20(25)23-19-9-5-7-14-6-3-4-8-16(14)19/h2-4,6,8,10-11,13,19H,1,5,7,9,12H2,(H,23,25)/t19-/m0/s1. The van der Waals surface area contributed by atoms with Crippen LogP contribution in [0, 0.1) is 0 Å². The number of rotatable bonds is 4. The van der Waals surface area contributed by atoms with Crippen LogP contribution in [0.25, 0.3) is 0 Å². The summed E-state index contributed by atoms with van der Waals surface area (Å²) in [4.78, 5) is 38.7. The lowest BCUT2D eigenvalue weighted by molar-refractivity contribution is 0.0672. The molecule has 1 N–H and O–H groups in total. The van der Waals surface area contributed by atoms with E-state index in [4.69, 9.17) is 0 Å². The van der Waals surface area contributed by atoms with Crippen LogP contribution in [0.1, 0.15) is 61.1 Å². The number of hydrogen-bond acceptors (Lipinski definition) is 3. The van der Waals surface area contributed by atoms with E-state index >= 15 is 0 Å². The van der Waals surface area contributed by atoms with E-state index in [1.54, 1.807) is 12.1 Å². The molecule has 0 unspecified atom stereocenters. The third-order valence-electron chi connectivity index (χ3n) is 5.22. The third-order valence-corrected chi connectivity index (χ3v) is 5.22. The normalized spacial score (nSPS) is 18.1. The van der Waals surface area contributed by atoms with E-state index in [9.17, 15) is 14.4 Å². The zero-order valence-electron chi connectivity index (χ0n) is 14.9. The first kappa shape index (κ1) is 17.2. The molecule has 1 aliphatic carbocycles. The molecule has 0 aromatic heterocycles. The van der Waals surface area contributed by atoms with Gasteiger partial charge in [0.2, 0.25) is 0 Å². The Labute approximate surface area is 157 Å². The minimum Gasteiger partial charge on any atom is -0.345 e. The Morgan fingerprint density at radius 1 is 1.15 bits per heavy atom. The maximum Gasteiger partial charge on any atom is 0.261 e. The van der Waals surface area contributed by atoms with Crippen LogP contribution >= 0.6 is 0 Å². The van der Waals surface area contributed by atoms with Crippen LogP contribution in [0.4, 0.5) is 0 Å². The van der Waals surface area contributed by atoms with Gasteiger partial charge in [-0.1, -0.05) is 30.3 Å². The van der Waals surface area contributed by atoms with Crippen molar-refractivity contribution < 1.29 is 14.4 Å². The SMILES string of the molecule is C=CCN1C(=O)c2ccc(C(=O)N[C@H]3CCCc4ccccc43)cc2C1=O. The van der Waals surface area contributed by atoms with Crippen LogP contribution < -0.4 is 5.32 Å². The van der Waals surface area contributed by atoms with E-state index in [1.807, 2.05) is 12.1 Å². The highest BCUT2D eigenvalue weighted by Crippen LogP contribution is 2.30. The van der Waals surface area contributed by atoms with Gasteiger partial charge in [-0.05, 0) is 48.6 Å². The molecule has 0 saturated carbocycles. The van der Waals surface area contributed by atoms with E-state index in [2.05, 4.69) is 24.0 Å². The molecule has 27 heavy (non-hydrogen) atoms. The van der Waals surface area contributed by atoms with E-state index in [1.165, 1.54) is 17.7 Å². The van der Waals surface area contributed by atoms with Crippen molar-refractivity contribution in [3.63, 3.8) is 0 Å². The molecule has 5 nitrogen and oxygen atoms in total. The molecule has 0 fully saturated rings. The van der Waals surface area contributed by atoms with Crippen molar-refractivity contribution in [1.29, 1.82) is 0 Å². The van der Waals surface area contributed by atoms with Gasteiger partial charge in [0.25, 0.3) is 17.7 Å². The number of nitrogens with zero attached hydrogens (tertiary/aromatic N) is 1. The van der Waals surface area contributed by atoms with Crippen molar-refractivity contribution in [2.24, 2.45) is 0 Å². The van der Waals surface area contributed by atoms with Crippen molar-refractivity contribution >= 4 is 17.7 Å². The first-order valence-electron chi connectivity index (χ1n) is 9.10. The Balaban J connectivity index is 1.58. The Morgan fingerprint density at radius 2 is 1.93 bits per heavy atom. The quantitative estimate of drug-likeness (QED) is 0.672. The van der Waals surface area contributed by atoms with Gasteiger partial charge in [0.1, 0.15) is 0 Å². The number of carbonyl (C=O) groups excluding carboxylic acids is 3. The van der Waals surface area contributed by atoms with Gasteiger partial charge < -0.3 is 5.32 Å². The molecule has 0 saturated heterocycles. The predicted octanol–water partition coefficient (Wildman–Crippen LogP) is 3.28. The average Bonchev–Trinajstić information content (AvgIpc) is 2.93. The van der Waals surface area contributed by atoms with Crippen molar-refractivity contribution in [3.05, 3.63) is 82.9 Å². The van der Waals surface area contributed by atoms with E-state index < -0.39 is 0 Å². The highest BCUT2D eigenvalue weighted by Gasteiger charge is 2.35. The van der Waals surface area contributed by atoms with Crippen molar-refractivity contribution in [2.45, 2.75) is 25.3 Å². The number of fused-ring (bicyclic) bond motifs is 2. The molecule has 4 rings (SSSR count). The number of aryl methyl sites for hydroxylation is 1. The smallest absolute Gasteiger partial charge is 0.261 e. The van der Waals surface area contributed by atoms with Crippen molar-refractivity contribution in [2.75, 3.05) is 6.54 Å². The Kier molecular flexibility index (Phi) is 4.36. The molecular formula is C22H20N2O3. The lowest BCUT2D eigenvalue weighted by Gasteiger charge is -2.26. The molecule has 5 heteroatoms. The highest BCUT2D eigenvalue weighted by atomic mass is 16.2. The summed E-state index contributed by atoms with van der Waals surface area (Å²) in [5, 5.41) is 3.08. The zero-order valence-corrected chi connectivity index (χ0v) is 14.9. The number of carbonyl (C=O) groups is 3. The fourth-order valence-corrected chi connectivity index (χ4v) is 3.87. The summed E-state index contributed by atoms with van der Waals surface area (Å²) >= 11 is 0. The van der Waals surface area contributed by atoms with Crippen molar-refractivity contribution in [1.82, 2.24) is 10.2 Å². The number of nitrogens with one attached hydrogen (secondary N) is 1. The predicted molar refractivity (Wildman–Crippen MR) is 102 cm³/mol. The van der Waals surface area contributed by atoms with Crippen LogP contribution in [0.2, 0.25) is 0 Å². The monoisotopic (exact) mass is 360 g/mol. The van der Waals surface area contributed by atoms with Crippen molar-refractivity contribution in [3.8, 4) is 0 Å². The van der Waals surface area contributed by atoms with Gasteiger partial charge in [-0.25, -0.2) is 0 Å². The fraction of sp³-hybridized carbons (Fsp3) is 0.227. The van der Waals surface area contributed by atoms with E-state index in [0.29, 0.717) is 11.1 Å². The van der Waals surface area contributed by atoms with Gasteiger partial charge in [-0.2, -0.15) is 0 Å². The topological polar surface area (TPSA) is 66.5 Å². The summed E-state index contributed by atoms with van der Waals surface area (Å²) in [5.41, 5.74) is 3.42. The van der Waals surface area contributed by atoms with Crippen LogP contribution in [0.5, 0.6) is 0 Å². The molecule has 0 bridgehead atoms. The first-order valence-corrected chi connectivity index (χ1v) is 9.10. The maximum atomic E-state index is 12.8. The Hall–Kier alpha value is -3.21. The zero-order chi connectivity index (χ0) is 19.0. The molecule has 1 atom stereocenters. The minimum absolute atomic E-state index is 0.0368. The second kappa shape index (κ2) is 6.83. The summed E-state index contributed by atoms with van der Waals surface area (Å²) in [5.74, 6) is -0.961. The van der Waals surface area contributed by atoms with Gasteiger partial charge in [0.15, 0.2) is 0 Å². The largest absolute Gasteiger partial charge is 0.345 e. The van der Waals surface area contributed by atoms with Crippen LogP contribution in [0.15, 0.2) is 55.1 Å². The lowest BCUT2D eigenvalue weighted by Crippen LogP contribution is -2.31. The van der Waals surface area contributed by atoms with Crippen LogP contribution in [-0.4, -0.2) is 29.2 Å². The Morgan fingerprint density at radius 3 is 2.74 bits per heavy atom. The summed E-state index contributed by atoms with van der Waals surface area (Å²) in [6, 6.07) is 12.8. The summed E-state index contributed by atoms with van der Waals surface area (Å²) < 4.78 is 0. The number of imide groups is 1. The summed E-state index contributed by atoms with van der Waals surface area (Å²) in [6.07, 6.45) is 4.45.